The van der Waals surface area contributed by atoms with Gasteiger partial charge >= 0.3 is 12.6 Å². The van der Waals surface area contributed by atoms with Gasteiger partial charge in [-0.15, -0.1) is 0 Å². The predicted octanol–water partition coefficient (Wildman–Crippen LogP) is 2.94. The van der Waals surface area contributed by atoms with Gasteiger partial charge in [0.05, 0.1) is 5.56 Å². The molecule has 1 N–H and O–H groups in total. The minimum Gasteiger partial charge on any atom is -0.485 e. The van der Waals surface area contributed by atoms with Crippen LogP contribution in [0.1, 0.15) is 17.3 Å². The first kappa shape index (κ1) is 14.0. The van der Waals surface area contributed by atoms with Crippen molar-refractivity contribution in [2.75, 3.05) is 6.61 Å². The lowest BCUT2D eigenvalue weighted by Crippen LogP contribution is -2.07. The normalized spacial score (nSPS) is 10.2. The molecule has 0 unspecified atom stereocenters. The van der Waals surface area contributed by atoms with Crippen LogP contribution in [0.2, 0.25) is 0 Å². The van der Waals surface area contributed by atoms with Gasteiger partial charge < -0.3 is 14.6 Å². The van der Waals surface area contributed by atoms with Crippen molar-refractivity contribution in [2.24, 2.45) is 0 Å². The lowest BCUT2D eigenvalue weighted by molar-refractivity contribution is -0.0513. The molecule has 0 saturated heterocycles. The Morgan fingerprint density at radius 2 is 2.11 bits per heavy atom. The van der Waals surface area contributed by atoms with Gasteiger partial charge in [-0.2, -0.15) is 8.78 Å². The number of halogens is 2. The molecule has 18 heavy (non-hydrogen) atoms. The van der Waals surface area contributed by atoms with Crippen LogP contribution >= 0.6 is 0 Å². The number of ether oxygens (including phenoxy) is 2. The Labute approximate surface area is 102 Å². The summed E-state index contributed by atoms with van der Waals surface area (Å²) in [6.45, 7) is 2.36. The molecule has 0 amide bonds. The van der Waals surface area contributed by atoms with E-state index in [-0.39, 0.29) is 23.7 Å². The summed E-state index contributed by atoms with van der Waals surface area (Å²) in [7, 11) is 0. The molecule has 0 aromatic heterocycles. The average Bonchev–Trinajstić information content (AvgIpc) is 2.26. The minimum atomic E-state index is -3.01. The highest BCUT2D eigenvalue weighted by Gasteiger charge is 2.14. The fraction of sp³-hybridized carbons (Fsp3) is 0.250. The highest BCUT2D eigenvalue weighted by atomic mass is 19.3. The van der Waals surface area contributed by atoms with Gasteiger partial charge in [0.2, 0.25) is 0 Å². The van der Waals surface area contributed by atoms with E-state index in [1.54, 1.807) is 6.92 Å². The van der Waals surface area contributed by atoms with Crippen molar-refractivity contribution in [2.45, 2.75) is 13.5 Å². The summed E-state index contributed by atoms with van der Waals surface area (Å²) in [5, 5.41) is 8.80. The highest BCUT2D eigenvalue weighted by Crippen LogP contribution is 2.30. The molecule has 0 saturated carbocycles. The standard InChI is InChI=1S/C12H12F2O4/c1-7(2)6-17-10-5-8(11(15)16)3-4-9(10)18-12(13)14/h3-5,12H,1,6H2,2H3,(H,15,16). The molecule has 0 aliphatic carbocycles. The van der Waals surface area contributed by atoms with Gasteiger partial charge in [0, 0.05) is 0 Å². The van der Waals surface area contributed by atoms with Gasteiger partial charge in [0.15, 0.2) is 11.5 Å². The Morgan fingerprint density at radius 1 is 1.44 bits per heavy atom. The summed E-state index contributed by atoms with van der Waals surface area (Å²) < 4.78 is 33.7. The van der Waals surface area contributed by atoms with Crippen LogP contribution in [0.15, 0.2) is 30.4 Å². The summed E-state index contributed by atoms with van der Waals surface area (Å²) in [6, 6.07) is 3.42. The van der Waals surface area contributed by atoms with Crippen molar-refractivity contribution in [1.82, 2.24) is 0 Å². The van der Waals surface area contributed by atoms with E-state index in [2.05, 4.69) is 11.3 Å². The molecule has 4 nitrogen and oxygen atoms in total. The number of rotatable bonds is 6. The van der Waals surface area contributed by atoms with Crippen molar-refractivity contribution in [3.63, 3.8) is 0 Å². The van der Waals surface area contributed by atoms with Crippen LogP contribution in [0.4, 0.5) is 8.78 Å². The molecule has 0 radical (unpaired) electrons. The fourth-order valence-electron chi connectivity index (χ4n) is 1.15. The van der Waals surface area contributed by atoms with Crippen LogP contribution in [0, 0.1) is 0 Å². The maximum atomic E-state index is 12.1. The third-order valence-corrected chi connectivity index (χ3v) is 1.88. The summed E-state index contributed by atoms with van der Waals surface area (Å²) in [5.41, 5.74) is 0.590. The van der Waals surface area contributed by atoms with E-state index < -0.39 is 12.6 Å². The first-order valence-corrected chi connectivity index (χ1v) is 4.99. The van der Waals surface area contributed by atoms with Crippen molar-refractivity contribution >= 4 is 5.97 Å². The summed E-state index contributed by atoms with van der Waals surface area (Å²) in [6.07, 6.45) is 0. The van der Waals surface area contributed by atoms with Gasteiger partial charge in [0.1, 0.15) is 6.61 Å². The molecule has 1 rings (SSSR count). The van der Waals surface area contributed by atoms with Crippen LogP contribution in [-0.2, 0) is 0 Å². The zero-order valence-corrected chi connectivity index (χ0v) is 9.65. The zero-order valence-electron chi connectivity index (χ0n) is 9.65. The molecule has 0 bridgehead atoms. The molecule has 6 heteroatoms. The van der Waals surface area contributed by atoms with Gasteiger partial charge in [-0.05, 0) is 30.7 Å². The average molecular weight is 258 g/mol. The van der Waals surface area contributed by atoms with Gasteiger partial charge in [-0.3, -0.25) is 0 Å². The monoisotopic (exact) mass is 258 g/mol. The summed E-state index contributed by atoms with van der Waals surface area (Å²) >= 11 is 0. The van der Waals surface area contributed by atoms with E-state index in [0.717, 1.165) is 18.2 Å². The highest BCUT2D eigenvalue weighted by molar-refractivity contribution is 5.88. The molecule has 0 heterocycles. The maximum absolute atomic E-state index is 12.1. The smallest absolute Gasteiger partial charge is 0.387 e. The van der Waals surface area contributed by atoms with Crippen LogP contribution < -0.4 is 9.47 Å². The molecule has 0 aliphatic heterocycles. The Morgan fingerprint density at radius 3 is 2.61 bits per heavy atom. The molecular formula is C12H12F2O4. The first-order chi connectivity index (χ1) is 8.40. The lowest BCUT2D eigenvalue weighted by atomic mass is 10.2. The quantitative estimate of drug-likeness (QED) is 0.797. The molecule has 0 atom stereocenters. The zero-order chi connectivity index (χ0) is 13.7. The molecule has 98 valence electrons. The third-order valence-electron chi connectivity index (χ3n) is 1.88. The SMILES string of the molecule is C=C(C)COc1cc(C(=O)O)ccc1OC(F)F. The number of alkyl halides is 2. The van der Waals surface area contributed by atoms with Crippen molar-refractivity contribution in [3.05, 3.63) is 35.9 Å². The maximum Gasteiger partial charge on any atom is 0.387 e. The molecule has 1 aromatic rings. The van der Waals surface area contributed by atoms with E-state index in [1.807, 2.05) is 0 Å². The number of carbonyl (C=O) groups is 1. The number of carboxylic acid groups (broad SMARTS) is 1. The molecule has 0 fully saturated rings. The Hall–Kier alpha value is -2.11. The second-order valence-electron chi connectivity index (χ2n) is 3.59. The van der Waals surface area contributed by atoms with Crippen LogP contribution in [-0.4, -0.2) is 24.3 Å². The van der Waals surface area contributed by atoms with Crippen LogP contribution in [0.5, 0.6) is 11.5 Å². The number of benzene rings is 1. The van der Waals surface area contributed by atoms with Crippen molar-refractivity contribution < 1.29 is 28.2 Å². The number of carboxylic acids is 1. The Kier molecular flexibility index (Phi) is 4.65. The summed E-state index contributed by atoms with van der Waals surface area (Å²) in [4.78, 5) is 10.8. The third kappa shape index (κ3) is 4.04. The molecule has 0 spiro atoms. The van der Waals surface area contributed by atoms with E-state index in [9.17, 15) is 13.6 Å². The van der Waals surface area contributed by atoms with Crippen LogP contribution in [0.25, 0.3) is 0 Å². The minimum absolute atomic E-state index is 0.0572. The largest absolute Gasteiger partial charge is 0.485 e. The molecule has 0 aliphatic rings. The lowest BCUT2D eigenvalue weighted by Gasteiger charge is -2.12. The predicted molar refractivity (Wildman–Crippen MR) is 60.3 cm³/mol. The number of hydrogen-bond donors (Lipinski definition) is 1. The summed E-state index contributed by atoms with van der Waals surface area (Å²) in [5.74, 6) is -1.45. The number of hydrogen-bond acceptors (Lipinski definition) is 3. The molecule has 1 aromatic carbocycles. The number of aromatic carboxylic acids is 1. The fourth-order valence-corrected chi connectivity index (χ4v) is 1.15. The van der Waals surface area contributed by atoms with Gasteiger partial charge in [-0.1, -0.05) is 6.58 Å². The van der Waals surface area contributed by atoms with E-state index in [0.29, 0.717) is 5.57 Å². The molecular weight excluding hydrogens is 246 g/mol. The van der Waals surface area contributed by atoms with E-state index >= 15 is 0 Å². The van der Waals surface area contributed by atoms with Crippen LogP contribution in [0.3, 0.4) is 0 Å². The second kappa shape index (κ2) is 6.00. The van der Waals surface area contributed by atoms with Gasteiger partial charge in [0.25, 0.3) is 0 Å². The van der Waals surface area contributed by atoms with Crippen molar-refractivity contribution in [3.8, 4) is 11.5 Å². The first-order valence-electron chi connectivity index (χ1n) is 4.99. The van der Waals surface area contributed by atoms with E-state index in [4.69, 9.17) is 9.84 Å². The Balaban J connectivity index is 3.01. The van der Waals surface area contributed by atoms with E-state index in [1.165, 1.54) is 0 Å². The van der Waals surface area contributed by atoms with Crippen molar-refractivity contribution in [1.29, 1.82) is 0 Å². The van der Waals surface area contributed by atoms with Gasteiger partial charge in [-0.25, -0.2) is 4.79 Å². The second-order valence-corrected chi connectivity index (χ2v) is 3.59. The topological polar surface area (TPSA) is 55.8 Å². The Bertz CT molecular complexity index is 457.